The number of Topliss-reactive ketones (excluding diaryl/α,β-unsaturated/α-hetero) is 1. The zero-order chi connectivity index (χ0) is 16.3. The lowest BCUT2D eigenvalue weighted by atomic mass is 9.92. The topological polar surface area (TPSA) is 96.9 Å². The van der Waals surface area contributed by atoms with E-state index in [1.807, 2.05) is 6.07 Å². The molecule has 1 heterocycles. The van der Waals surface area contributed by atoms with E-state index in [9.17, 15) is 24.6 Å². The maximum atomic E-state index is 12.9. The Kier molecular flexibility index (Phi) is 4.23. The zero-order valence-electron chi connectivity index (χ0n) is 11.5. The summed E-state index contributed by atoms with van der Waals surface area (Å²) in [5, 5.41) is 20.1. The molecule has 0 aliphatic rings. The Labute approximate surface area is 125 Å². The average molecular weight is 299 g/mol. The van der Waals surface area contributed by atoms with Gasteiger partial charge < -0.3 is 0 Å². The highest BCUT2D eigenvalue weighted by atomic mass is 19.1. The highest BCUT2D eigenvalue weighted by Gasteiger charge is 2.27. The monoisotopic (exact) mass is 299 g/mol. The van der Waals surface area contributed by atoms with Crippen LogP contribution in [-0.2, 0) is 0 Å². The van der Waals surface area contributed by atoms with Gasteiger partial charge in [-0.2, -0.15) is 5.26 Å². The van der Waals surface area contributed by atoms with Gasteiger partial charge in [0.05, 0.1) is 22.9 Å². The average Bonchev–Trinajstić information content (AvgIpc) is 2.49. The van der Waals surface area contributed by atoms with E-state index in [0.717, 1.165) is 12.3 Å². The number of hydrogen-bond acceptors (Lipinski definition) is 5. The van der Waals surface area contributed by atoms with Crippen LogP contribution in [0.15, 0.2) is 36.5 Å². The summed E-state index contributed by atoms with van der Waals surface area (Å²) >= 11 is 0. The Hall–Kier alpha value is -3.14. The van der Waals surface area contributed by atoms with Crippen molar-refractivity contribution in [3.63, 3.8) is 0 Å². The van der Waals surface area contributed by atoms with Crippen molar-refractivity contribution >= 4 is 11.5 Å². The molecule has 0 fully saturated rings. The van der Waals surface area contributed by atoms with E-state index in [2.05, 4.69) is 4.98 Å². The second-order valence-corrected chi connectivity index (χ2v) is 4.53. The minimum atomic E-state index is -1.25. The van der Waals surface area contributed by atoms with Crippen molar-refractivity contribution in [2.45, 2.75) is 12.8 Å². The fraction of sp³-hybridized carbons (Fsp3) is 0.133. The number of nitrogens with zero attached hydrogens (tertiary/aromatic N) is 3. The van der Waals surface area contributed by atoms with Gasteiger partial charge in [-0.15, -0.1) is 0 Å². The molecule has 0 amide bonds. The third-order valence-electron chi connectivity index (χ3n) is 3.20. The molecule has 0 spiro atoms. The maximum Gasteiger partial charge on any atom is 0.273 e. The van der Waals surface area contributed by atoms with E-state index in [4.69, 9.17) is 0 Å². The highest BCUT2D eigenvalue weighted by molar-refractivity contribution is 6.04. The van der Waals surface area contributed by atoms with Crippen LogP contribution < -0.4 is 0 Å². The molecule has 0 saturated carbocycles. The molecule has 1 aromatic heterocycles. The summed E-state index contributed by atoms with van der Waals surface area (Å²) in [4.78, 5) is 26.5. The minimum absolute atomic E-state index is 0.0758. The normalized spacial score (nSPS) is 11.5. The number of aromatic nitrogens is 1. The molecule has 0 aliphatic carbocycles. The molecule has 0 bridgehead atoms. The smallest absolute Gasteiger partial charge is 0.273 e. The molecular formula is C15H10FN3O3. The predicted octanol–water partition coefficient (Wildman–Crippen LogP) is 2.93. The van der Waals surface area contributed by atoms with Crippen LogP contribution in [0.5, 0.6) is 0 Å². The second-order valence-electron chi connectivity index (χ2n) is 4.53. The first-order valence-corrected chi connectivity index (χ1v) is 6.25. The maximum absolute atomic E-state index is 12.9. The van der Waals surface area contributed by atoms with E-state index in [-0.39, 0.29) is 22.5 Å². The number of ketones is 1. The van der Waals surface area contributed by atoms with Gasteiger partial charge in [0.1, 0.15) is 5.82 Å². The number of rotatable bonds is 4. The van der Waals surface area contributed by atoms with Crippen LogP contribution in [0, 0.1) is 34.2 Å². The lowest BCUT2D eigenvalue weighted by Crippen LogP contribution is -2.14. The number of carbonyl (C=O) groups is 1. The zero-order valence-corrected chi connectivity index (χ0v) is 11.5. The molecule has 0 radical (unpaired) electrons. The predicted molar refractivity (Wildman–Crippen MR) is 74.7 cm³/mol. The molecule has 1 atom stereocenters. The Morgan fingerprint density at radius 1 is 1.41 bits per heavy atom. The van der Waals surface area contributed by atoms with Gasteiger partial charge in [-0.05, 0) is 19.1 Å². The van der Waals surface area contributed by atoms with Crippen molar-refractivity contribution in [3.05, 3.63) is 69.3 Å². The van der Waals surface area contributed by atoms with Crippen LogP contribution in [-0.4, -0.2) is 15.7 Å². The number of halogens is 1. The number of nitriles is 1. The molecule has 2 aromatic rings. The standard InChI is InChI=1S/C15H10FN3O3/c1-9-11(3-2-4-14(9)19(21)22)15(20)12(7-17)13-6-5-10(16)8-18-13/h2-6,8,12H,1H3. The summed E-state index contributed by atoms with van der Waals surface area (Å²) in [6, 6.07) is 8.23. The molecular weight excluding hydrogens is 289 g/mol. The quantitative estimate of drug-likeness (QED) is 0.491. The number of nitro benzene ring substituents is 1. The highest BCUT2D eigenvalue weighted by Crippen LogP contribution is 2.26. The summed E-state index contributed by atoms with van der Waals surface area (Å²) < 4.78 is 12.9. The summed E-state index contributed by atoms with van der Waals surface area (Å²) in [6.07, 6.45) is 0.910. The van der Waals surface area contributed by atoms with Crippen molar-refractivity contribution < 1.29 is 14.1 Å². The number of nitro groups is 1. The summed E-state index contributed by atoms with van der Waals surface area (Å²) in [6.45, 7) is 1.44. The first-order chi connectivity index (χ1) is 10.5. The van der Waals surface area contributed by atoms with Gasteiger partial charge in [-0.25, -0.2) is 4.39 Å². The molecule has 0 aliphatic heterocycles. The Morgan fingerprint density at radius 3 is 2.68 bits per heavy atom. The molecule has 0 saturated heterocycles. The van der Waals surface area contributed by atoms with Crippen molar-refractivity contribution in [1.29, 1.82) is 5.26 Å². The molecule has 6 nitrogen and oxygen atoms in total. The number of hydrogen-bond donors (Lipinski definition) is 0. The van der Waals surface area contributed by atoms with Crippen molar-refractivity contribution in [2.75, 3.05) is 0 Å². The molecule has 1 unspecified atom stereocenters. The van der Waals surface area contributed by atoms with Crippen LogP contribution in [0.1, 0.15) is 27.5 Å². The third kappa shape index (κ3) is 2.81. The van der Waals surface area contributed by atoms with E-state index < -0.39 is 22.4 Å². The Morgan fingerprint density at radius 2 is 2.14 bits per heavy atom. The molecule has 22 heavy (non-hydrogen) atoms. The van der Waals surface area contributed by atoms with E-state index >= 15 is 0 Å². The summed E-state index contributed by atoms with van der Waals surface area (Å²) in [5.74, 6) is -2.44. The number of carbonyl (C=O) groups excluding carboxylic acids is 1. The van der Waals surface area contributed by atoms with Crippen molar-refractivity contribution in [2.24, 2.45) is 0 Å². The van der Waals surface area contributed by atoms with Gasteiger partial charge in [-0.3, -0.25) is 19.9 Å². The lowest BCUT2D eigenvalue weighted by Gasteiger charge is -2.10. The van der Waals surface area contributed by atoms with Gasteiger partial charge in [-0.1, -0.05) is 12.1 Å². The summed E-state index contributed by atoms with van der Waals surface area (Å²) in [7, 11) is 0. The number of pyridine rings is 1. The van der Waals surface area contributed by atoms with Crippen LogP contribution in [0.3, 0.4) is 0 Å². The van der Waals surface area contributed by atoms with E-state index in [1.54, 1.807) is 0 Å². The van der Waals surface area contributed by atoms with E-state index in [1.165, 1.54) is 31.2 Å². The fourth-order valence-corrected chi connectivity index (χ4v) is 2.06. The SMILES string of the molecule is Cc1c(C(=O)C(C#N)c2ccc(F)cn2)cccc1[N+](=O)[O-]. The Balaban J connectivity index is 2.46. The van der Waals surface area contributed by atoms with Crippen LogP contribution in [0.2, 0.25) is 0 Å². The van der Waals surface area contributed by atoms with Gasteiger partial charge in [0.25, 0.3) is 5.69 Å². The van der Waals surface area contributed by atoms with Crippen molar-refractivity contribution in [3.8, 4) is 6.07 Å². The second kappa shape index (κ2) is 6.10. The van der Waals surface area contributed by atoms with Gasteiger partial charge in [0.2, 0.25) is 0 Å². The first-order valence-electron chi connectivity index (χ1n) is 6.25. The van der Waals surface area contributed by atoms with Crippen LogP contribution in [0.4, 0.5) is 10.1 Å². The van der Waals surface area contributed by atoms with Crippen LogP contribution >= 0.6 is 0 Å². The van der Waals surface area contributed by atoms with Gasteiger partial charge in [0.15, 0.2) is 11.7 Å². The lowest BCUT2D eigenvalue weighted by molar-refractivity contribution is -0.385. The first kappa shape index (κ1) is 15.3. The molecule has 1 aromatic carbocycles. The van der Waals surface area contributed by atoms with Gasteiger partial charge in [0, 0.05) is 17.2 Å². The minimum Gasteiger partial charge on any atom is -0.292 e. The largest absolute Gasteiger partial charge is 0.292 e. The molecule has 110 valence electrons. The molecule has 2 rings (SSSR count). The number of benzene rings is 1. The van der Waals surface area contributed by atoms with Crippen LogP contribution in [0.25, 0.3) is 0 Å². The third-order valence-corrected chi connectivity index (χ3v) is 3.20. The molecule has 0 N–H and O–H groups in total. The summed E-state index contributed by atoms with van der Waals surface area (Å²) in [5.41, 5.74) is 0.154. The van der Waals surface area contributed by atoms with Crippen molar-refractivity contribution in [1.82, 2.24) is 4.98 Å². The molecule has 7 heteroatoms. The Bertz CT molecular complexity index is 782. The van der Waals surface area contributed by atoms with E-state index in [0.29, 0.717) is 0 Å². The fourth-order valence-electron chi connectivity index (χ4n) is 2.06. The van der Waals surface area contributed by atoms with Gasteiger partial charge >= 0.3 is 0 Å².